The van der Waals surface area contributed by atoms with Crippen molar-refractivity contribution in [2.75, 3.05) is 7.11 Å². The molecule has 0 aliphatic rings. The summed E-state index contributed by atoms with van der Waals surface area (Å²) in [7, 11) is 1.70. The maximum absolute atomic E-state index is 5.36. The zero-order valence-electron chi connectivity index (χ0n) is 11.6. The van der Waals surface area contributed by atoms with Crippen LogP contribution in [0, 0.1) is 6.92 Å². The van der Waals surface area contributed by atoms with Crippen LogP contribution in [0.15, 0.2) is 34.9 Å². The molecule has 4 heteroatoms. The number of para-hydroxylation sites is 1. The van der Waals surface area contributed by atoms with E-state index < -0.39 is 0 Å². The Bertz CT molecular complexity index is 522. The van der Waals surface area contributed by atoms with E-state index in [0.29, 0.717) is 12.6 Å². The lowest BCUT2D eigenvalue weighted by atomic mass is 10.1. The van der Waals surface area contributed by atoms with Gasteiger partial charge in [-0.2, -0.15) is 0 Å². The largest absolute Gasteiger partial charge is 0.496 e. The summed E-state index contributed by atoms with van der Waals surface area (Å²) < 4.78 is 10.5. The van der Waals surface area contributed by atoms with Gasteiger partial charge in [0.2, 0.25) is 0 Å². The summed E-state index contributed by atoms with van der Waals surface area (Å²) in [5, 5.41) is 7.29. The Kier molecular flexibility index (Phi) is 4.58. The Balaban J connectivity index is 1.88. The first kappa shape index (κ1) is 13.6. The molecule has 1 N–H and O–H groups in total. The summed E-state index contributed by atoms with van der Waals surface area (Å²) >= 11 is 0. The van der Waals surface area contributed by atoms with Gasteiger partial charge in [0.25, 0.3) is 0 Å². The second kappa shape index (κ2) is 6.38. The Morgan fingerprint density at radius 1 is 1.37 bits per heavy atom. The molecule has 0 saturated carbocycles. The molecule has 19 heavy (non-hydrogen) atoms. The molecule has 0 bridgehead atoms. The van der Waals surface area contributed by atoms with Crippen LogP contribution in [0.25, 0.3) is 0 Å². The number of benzene rings is 1. The van der Waals surface area contributed by atoms with E-state index in [1.165, 1.54) is 5.56 Å². The number of nitrogens with zero attached hydrogens (tertiary/aromatic N) is 1. The van der Waals surface area contributed by atoms with E-state index in [9.17, 15) is 0 Å². The Morgan fingerprint density at radius 2 is 2.16 bits per heavy atom. The highest BCUT2D eigenvalue weighted by Crippen LogP contribution is 2.18. The van der Waals surface area contributed by atoms with Crippen molar-refractivity contribution in [2.45, 2.75) is 32.9 Å². The van der Waals surface area contributed by atoms with Gasteiger partial charge in [-0.25, -0.2) is 0 Å². The molecule has 2 rings (SSSR count). The van der Waals surface area contributed by atoms with Crippen LogP contribution in [-0.4, -0.2) is 18.3 Å². The number of nitrogens with one attached hydrogen (secondary N) is 1. The normalized spacial score (nSPS) is 12.4. The topological polar surface area (TPSA) is 47.3 Å². The number of methoxy groups -OCH3 is 1. The third-order valence-electron chi connectivity index (χ3n) is 3.02. The monoisotopic (exact) mass is 260 g/mol. The number of rotatable bonds is 6. The first-order valence-electron chi connectivity index (χ1n) is 6.46. The van der Waals surface area contributed by atoms with Crippen LogP contribution < -0.4 is 10.1 Å². The van der Waals surface area contributed by atoms with Gasteiger partial charge in [-0.05, 0) is 31.9 Å². The molecule has 1 heterocycles. The third kappa shape index (κ3) is 3.83. The van der Waals surface area contributed by atoms with Gasteiger partial charge in [0, 0.05) is 12.1 Å². The molecule has 0 aliphatic carbocycles. The fourth-order valence-electron chi connectivity index (χ4n) is 2.05. The maximum Gasteiger partial charge on any atom is 0.150 e. The molecular formula is C15H20N2O2. The van der Waals surface area contributed by atoms with Gasteiger partial charge in [0.05, 0.1) is 19.3 Å². The minimum absolute atomic E-state index is 0.335. The Labute approximate surface area is 113 Å². The van der Waals surface area contributed by atoms with Gasteiger partial charge in [-0.15, -0.1) is 0 Å². The molecule has 1 unspecified atom stereocenters. The fraction of sp³-hybridized carbons (Fsp3) is 0.400. The van der Waals surface area contributed by atoms with Crippen LogP contribution in [0.1, 0.15) is 23.9 Å². The second-order valence-corrected chi connectivity index (χ2v) is 4.73. The molecule has 0 fully saturated rings. The van der Waals surface area contributed by atoms with Crippen LogP contribution in [0.5, 0.6) is 5.75 Å². The van der Waals surface area contributed by atoms with Crippen molar-refractivity contribution in [2.24, 2.45) is 0 Å². The number of aromatic nitrogens is 1. The second-order valence-electron chi connectivity index (χ2n) is 4.73. The molecule has 0 radical (unpaired) electrons. The lowest BCUT2D eigenvalue weighted by Gasteiger charge is -2.14. The van der Waals surface area contributed by atoms with Gasteiger partial charge in [-0.3, -0.25) is 0 Å². The molecule has 0 saturated heterocycles. The molecule has 0 aliphatic heterocycles. The standard InChI is InChI=1S/C15H20N2O2/c1-11(16-10-14-9-12(2)17-19-14)8-13-6-4-5-7-15(13)18-3/h4-7,9,11,16H,8,10H2,1-3H3. The summed E-state index contributed by atoms with van der Waals surface area (Å²) in [5.74, 6) is 1.80. The number of aryl methyl sites for hydroxylation is 1. The summed E-state index contributed by atoms with van der Waals surface area (Å²) in [4.78, 5) is 0. The van der Waals surface area contributed by atoms with E-state index in [4.69, 9.17) is 9.26 Å². The van der Waals surface area contributed by atoms with E-state index in [2.05, 4.69) is 23.5 Å². The van der Waals surface area contributed by atoms with Crippen molar-refractivity contribution in [3.63, 3.8) is 0 Å². The van der Waals surface area contributed by atoms with Crippen molar-refractivity contribution in [3.05, 3.63) is 47.3 Å². The van der Waals surface area contributed by atoms with Gasteiger partial charge in [-0.1, -0.05) is 23.4 Å². The lowest BCUT2D eigenvalue weighted by Crippen LogP contribution is -2.27. The highest BCUT2D eigenvalue weighted by Gasteiger charge is 2.08. The van der Waals surface area contributed by atoms with Gasteiger partial charge in [0.1, 0.15) is 5.75 Å². The van der Waals surface area contributed by atoms with Crippen molar-refractivity contribution in [3.8, 4) is 5.75 Å². The number of ether oxygens (including phenoxy) is 1. The van der Waals surface area contributed by atoms with Gasteiger partial charge < -0.3 is 14.6 Å². The summed E-state index contributed by atoms with van der Waals surface area (Å²) in [6, 6.07) is 10.4. The molecule has 1 aromatic heterocycles. The first-order chi connectivity index (χ1) is 9.19. The smallest absolute Gasteiger partial charge is 0.150 e. The fourth-order valence-corrected chi connectivity index (χ4v) is 2.05. The van der Waals surface area contributed by atoms with E-state index in [0.717, 1.165) is 23.6 Å². The molecule has 4 nitrogen and oxygen atoms in total. The predicted octanol–water partition coefficient (Wildman–Crippen LogP) is 2.71. The van der Waals surface area contributed by atoms with Crippen LogP contribution in [-0.2, 0) is 13.0 Å². The molecule has 1 atom stereocenters. The van der Waals surface area contributed by atoms with Crippen LogP contribution in [0.4, 0.5) is 0 Å². The van der Waals surface area contributed by atoms with E-state index >= 15 is 0 Å². The average molecular weight is 260 g/mol. The van der Waals surface area contributed by atoms with E-state index in [1.807, 2.05) is 31.2 Å². The van der Waals surface area contributed by atoms with Gasteiger partial charge in [0.15, 0.2) is 5.76 Å². The molecule has 0 spiro atoms. The lowest BCUT2D eigenvalue weighted by molar-refractivity contribution is 0.360. The average Bonchev–Trinajstić information content (AvgIpc) is 2.83. The maximum atomic E-state index is 5.36. The Morgan fingerprint density at radius 3 is 2.84 bits per heavy atom. The van der Waals surface area contributed by atoms with Crippen LogP contribution >= 0.6 is 0 Å². The molecule has 102 valence electrons. The highest BCUT2D eigenvalue weighted by molar-refractivity contribution is 5.33. The van der Waals surface area contributed by atoms with Crippen LogP contribution in [0.3, 0.4) is 0 Å². The zero-order valence-corrected chi connectivity index (χ0v) is 11.6. The quantitative estimate of drug-likeness (QED) is 0.867. The van der Waals surface area contributed by atoms with Crippen molar-refractivity contribution < 1.29 is 9.26 Å². The van der Waals surface area contributed by atoms with Crippen molar-refractivity contribution >= 4 is 0 Å². The minimum atomic E-state index is 0.335. The summed E-state index contributed by atoms with van der Waals surface area (Å²) in [6.45, 7) is 4.76. The van der Waals surface area contributed by atoms with Gasteiger partial charge >= 0.3 is 0 Å². The molecule has 2 aromatic rings. The molecular weight excluding hydrogens is 240 g/mol. The summed E-state index contributed by atoms with van der Waals surface area (Å²) in [5.41, 5.74) is 2.12. The van der Waals surface area contributed by atoms with Crippen molar-refractivity contribution in [1.82, 2.24) is 10.5 Å². The Hall–Kier alpha value is -1.81. The van der Waals surface area contributed by atoms with E-state index in [1.54, 1.807) is 7.11 Å². The number of hydrogen-bond acceptors (Lipinski definition) is 4. The minimum Gasteiger partial charge on any atom is -0.496 e. The molecule has 0 amide bonds. The van der Waals surface area contributed by atoms with Crippen molar-refractivity contribution in [1.29, 1.82) is 0 Å². The summed E-state index contributed by atoms with van der Waals surface area (Å²) in [6.07, 6.45) is 0.914. The third-order valence-corrected chi connectivity index (χ3v) is 3.02. The highest BCUT2D eigenvalue weighted by atomic mass is 16.5. The number of hydrogen-bond donors (Lipinski definition) is 1. The van der Waals surface area contributed by atoms with Crippen LogP contribution in [0.2, 0.25) is 0 Å². The molecule has 1 aromatic carbocycles. The predicted molar refractivity (Wildman–Crippen MR) is 74.2 cm³/mol. The SMILES string of the molecule is COc1ccccc1CC(C)NCc1cc(C)no1. The first-order valence-corrected chi connectivity index (χ1v) is 6.46. The van der Waals surface area contributed by atoms with E-state index in [-0.39, 0.29) is 0 Å². The zero-order chi connectivity index (χ0) is 13.7.